The number of carbonyl (C=O) groups excluding carboxylic acids is 2. The predicted octanol–water partition coefficient (Wildman–Crippen LogP) is 3.47. The van der Waals surface area contributed by atoms with E-state index in [2.05, 4.69) is 15.5 Å². The molecule has 0 spiro atoms. The summed E-state index contributed by atoms with van der Waals surface area (Å²) in [6.45, 7) is 0.359. The number of ketones is 1. The number of aromatic nitrogens is 2. The van der Waals surface area contributed by atoms with Crippen molar-refractivity contribution >= 4 is 22.6 Å². The van der Waals surface area contributed by atoms with Crippen molar-refractivity contribution in [3.05, 3.63) is 78.1 Å². The summed E-state index contributed by atoms with van der Waals surface area (Å²) in [6, 6.07) is 18.4. The molecule has 2 aromatic carbocycles. The van der Waals surface area contributed by atoms with Crippen LogP contribution in [-0.2, 0) is 11.2 Å². The average molecular weight is 416 g/mol. The molecular weight excluding hydrogens is 392 g/mol. The molecule has 0 bridgehead atoms. The van der Waals surface area contributed by atoms with Crippen LogP contribution in [0.25, 0.3) is 22.2 Å². The van der Waals surface area contributed by atoms with Crippen molar-refractivity contribution in [3.63, 3.8) is 0 Å². The number of carbonyl (C=O) groups is 2. The second-order valence-electron chi connectivity index (χ2n) is 7.44. The number of Topliss-reactive ketones (excluding diaryl/α,β-unsaturated/α-hetero) is 1. The number of rotatable bonds is 9. The molecule has 0 saturated heterocycles. The lowest BCUT2D eigenvalue weighted by Gasteiger charge is -2.10. The average Bonchev–Trinajstić information content (AvgIpc) is 3.45. The van der Waals surface area contributed by atoms with Crippen molar-refractivity contribution in [1.82, 2.24) is 15.5 Å². The maximum absolute atomic E-state index is 12.4. The van der Waals surface area contributed by atoms with Gasteiger partial charge in [-0.1, -0.05) is 53.7 Å². The lowest BCUT2D eigenvalue weighted by atomic mass is 10.00. The molecule has 0 saturated carbocycles. The van der Waals surface area contributed by atoms with Crippen LogP contribution in [0.2, 0.25) is 0 Å². The van der Waals surface area contributed by atoms with Gasteiger partial charge < -0.3 is 20.6 Å². The third-order valence-corrected chi connectivity index (χ3v) is 5.21. The van der Waals surface area contributed by atoms with Crippen molar-refractivity contribution < 1.29 is 14.1 Å². The zero-order valence-corrected chi connectivity index (χ0v) is 17.0. The van der Waals surface area contributed by atoms with Gasteiger partial charge in [0.1, 0.15) is 5.78 Å². The van der Waals surface area contributed by atoms with Crippen LogP contribution in [0.15, 0.2) is 71.4 Å². The molecule has 4 rings (SSSR count). The molecule has 0 aliphatic carbocycles. The van der Waals surface area contributed by atoms with Gasteiger partial charge >= 0.3 is 0 Å². The molecule has 4 aromatic rings. The number of amides is 1. The van der Waals surface area contributed by atoms with Gasteiger partial charge in [-0.3, -0.25) is 9.59 Å². The quantitative estimate of drug-likeness (QED) is 0.362. The maximum atomic E-state index is 12.4. The number of aromatic amines is 1. The standard InChI is InChI=1S/C24H24N4O3/c25-19(13-17-15-27-20-10-5-4-9-18(17)20)22(29)11-6-12-26-24(30)21-14-23(31-28-21)16-7-2-1-3-8-16/h1-5,7-10,14-15,19,27H,6,11-13,25H2,(H,26,30)/t19-/m0/s1. The molecule has 7 nitrogen and oxygen atoms in total. The molecule has 2 aromatic heterocycles. The summed E-state index contributed by atoms with van der Waals surface area (Å²) in [5.41, 5.74) is 9.24. The molecule has 0 fully saturated rings. The fraction of sp³-hybridized carbons (Fsp3) is 0.208. The Morgan fingerprint density at radius 1 is 1.10 bits per heavy atom. The summed E-state index contributed by atoms with van der Waals surface area (Å²) in [7, 11) is 0. The van der Waals surface area contributed by atoms with Crippen molar-refractivity contribution in [3.8, 4) is 11.3 Å². The highest BCUT2D eigenvalue weighted by atomic mass is 16.5. The number of benzene rings is 2. The van der Waals surface area contributed by atoms with Gasteiger partial charge in [-0.05, 0) is 24.5 Å². The van der Waals surface area contributed by atoms with Crippen LogP contribution < -0.4 is 11.1 Å². The van der Waals surface area contributed by atoms with Crippen LogP contribution in [-0.4, -0.2) is 34.4 Å². The second-order valence-corrected chi connectivity index (χ2v) is 7.44. The van der Waals surface area contributed by atoms with Gasteiger partial charge in [0.05, 0.1) is 6.04 Å². The first kappa shape index (κ1) is 20.6. The first-order valence-electron chi connectivity index (χ1n) is 10.3. The van der Waals surface area contributed by atoms with E-state index in [-0.39, 0.29) is 17.4 Å². The SMILES string of the molecule is N[C@@H](Cc1c[nH]c2ccccc12)C(=O)CCCNC(=O)c1cc(-c2ccccc2)on1. The Labute approximate surface area is 179 Å². The number of hydrogen-bond acceptors (Lipinski definition) is 5. The Morgan fingerprint density at radius 3 is 2.71 bits per heavy atom. The fourth-order valence-corrected chi connectivity index (χ4v) is 3.51. The maximum Gasteiger partial charge on any atom is 0.273 e. The Bertz CT molecular complexity index is 1180. The van der Waals surface area contributed by atoms with Crippen LogP contribution in [0.3, 0.4) is 0 Å². The molecule has 31 heavy (non-hydrogen) atoms. The topological polar surface area (TPSA) is 114 Å². The van der Waals surface area contributed by atoms with Gasteiger partial charge in [0.2, 0.25) is 0 Å². The van der Waals surface area contributed by atoms with Gasteiger partial charge in [-0.2, -0.15) is 0 Å². The third-order valence-electron chi connectivity index (χ3n) is 5.21. The van der Waals surface area contributed by atoms with E-state index in [0.29, 0.717) is 31.6 Å². The summed E-state index contributed by atoms with van der Waals surface area (Å²) in [5, 5.41) is 7.68. The minimum Gasteiger partial charge on any atom is -0.361 e. The summed E-state index contributed by atoms with van der Waals surface area (Å²) < 4.78 is 5.24. The Morgan fingerprint density at radius 2 is 1.87 bits per heavy atom. The number of para-hydroxylation sites is 1. The first-order valence-corrected chi connectivity index (χ1v) is 10.3. The van der Waals surface area contributed by atoms with Crippen LogP contribution in [0, 0.1) is 0 Å². The molecular formula is C24H24N4O3. The lowest BCUT2D eigenvalue weighted by molar-refractivity contribution is -0.120. The van der Waals surface area contributed by atoms with E-state index < -0.39 is 6.04 Å². The second kappa shape index (κ2) is 9.40. The van der Waals surface area contributed by atoms with Gasteiger partial charge in [0, 0.05) is 41.7 Å². The van der Waals surface area contributed by atoms with E-state index in [1.54, 1.807) is 6.07 Å². The molecule has 0 aliphatic heterocycles. The van der Waals surface area contributed by atoms with Crippen LogP contribution >= 0.6 is 0 Å². The van der Waals surface area contributed by atoms with E-state index in [0.717, 1.165) is 22.0 Å². The van der Waals surface area contributed by atoms with Crippen molar-refractivity contribution in [2.24, 2.45) is 5.73 Å². The molecule has 1 atom stereocenters. The molecule has 0 aliphatic rings. The Hall–Kier alpha value is -3.71. The van der Waals surface area contributed by atoms with Crippen molar-refractivity contribution in [1.29, 1.82) is 0 Å². The van der Waals surface area contributed by atoms with Crippen molar-refractivity contribution in [2.75, 3.05) is 6.54 Å². The summed E-state index contributed by atoms with van der Waals surface area (Å²) >= 11 is 0. The predicted molar refractivity (Wildman–Crippen MR) is 118 cm³/mol. The van der Waals surface area contributed by atoms with Gasteiger partial charge in [-0.15, -0.1) is 0 Å². The molecule has 1 amide bonds. The fourth-order valence-electron chi connectivity index (χ4n) is 3.51. The first-order chi connectivity index (χ1) is 15.1. The van der Waals surface area contributed by atoms with E-state index in [1.807, 2.05) is 60.8 Å². The zero-order chi connectivity index (χ0) is 21.6. The Balaban J connectivity index is 1.22. The molecule has 7 heteroatoms. The molecule has 158 valence electrons. The largest absolute Gasteiger partial charge is 0.361 e. The van der Waals surface area contributed by atoms with Gasteiger partial charge in [0.15, 0.2) is 11.5 Å². The summed E-state index contributed by atoms with van der Waals surface area (Å²) in [5.74, 6) is 0.179. The highest BCUT2D eigenvalue weighted by molar-refractivity contribution is 5.93. The number of hydrogen-bond donors (Lipinski definition) is 3. The van der Waals surface area contributed by atoms with Crippen LogP contribution in [0.4, 0.5) is 0 Å². The zero-order valence-electron chi connectivity index (χ0n) is 17.0. The third kappa shape index (κ3) is 4.90. The minimum atomic E-state index is -0.570. The number of H-pyrrole nitrogens is 1. The van der Waals surface area contributed by atoms with Gasteiger partial charge in [-0.25, -0.2) is 0 Å². The van der Waals surface area contributed by atoms with Crippen LogP contribution in [0.1, 0.15) is 28.9 Å². The summed E-state index contributed by atoms with van der Waals surface area (Å²) in [6.07, 6.45) is 3.20. The monoisotopic (exact) mass is 416 g/mol. The Kier molecular flexibility index (Phi) is 6.24. The minimum absolute atomic E-state index is 0.0210. The normalized spacial score (nSPS) is 12.0. The van der Waals surface area contributed by atoms with Crippen LogP contribution in [0.5, 0.6) is 0 Å². The van der Waals surface area contributed by atoms with Crippen molar-refractivity contribution in [2.45, 2.75) is 25.3 Å². The number of nitrogens with one attached hydrogen (secondary N) is 2. The van der Waals surface area contributed by atoms with E-state index >= 15 is 0 Å². The van der Waals surface area contributed by atoms with E-state index in [4.69, 9.17) is 10.3 Å². The molecule has 0 unspecified atom stereocenters. The summed E-state index contributed by atoms with van der Waals surface area (Å²) in [4.78, 5) is 27.9. The molecule has 4 N–H and O–H groups in total. The highest BCUT2D eigenvalue weighted by Crippen LogP contribution is 2.20. The molecule has 0 radical (unpaired) electrons. The number of nitrogens with two attached hydrogens (primary N) is 1. The number of fused-ring (bicyclic) bond motifs is 1. The molecule has 2 heterocycles. The smallest absolute Gasteiger partial charge is 0.273 e. The van der Waals surface area contributed by atoms with E-state index in [9.17, 15) is 9.59 Å². The van der Waals surface area contributed by atoms with E-state index in [1.165, 1.54) is 0 Å². The number of nitrogens with zero attached hydrogens (tertiary/aromatic N) is 1. The van der Waals surface area contributed by atoms with Gasteiger partial charge in [0.25, 0.3) is 5.91 Å². The highest BCUT2D eigenvalue weighted by Gasteiger charge is 2.17. The lowest BCUT2D eigenvalue weighted by Crippen LogP contribution is -2.33.